The van der Waals surface area contributed by atoms with Crippen LogP contribution < -0.4 is 0 Å². The Labute approximate surface area is 201 Å². The van der Waals surface area contributed by atoms with Crippen LogP contribution in [0, 0.1) is 0 Å². The largest absolute Gasteiger partial charge is 0.277 e. The van der Waals surface area contributed by atoms with Crippen molar-refractivity contribution >= 4 is 54.9 Å². The molecule has 0 saturated heterocycles. The van der Waals surface area contributed by atoms with Crippen LogP contribution >= 0.6 is 0 Å². The number of fused-ring (bicyclic) bond motifs is 13. The summed E-state index contributed by atoms with van der Waals surface area (Å²) in [4.78, 5) is 5.20. The standard InChI is InChI=1S/C32H21N3/c1-32(2)23-12-6-5-10-20(23)21-14-15-25-28(29(21)32)22-11-7-13-26-30(22)35(25)31-33-24-16-18-8-3-4-9-19(18)17-27(24)34(26)31/h3-17H,1-2H3. The van der Waals surface area contributed by atoms with Crippen molar-refractivity contribution in [2.45, 2.75) is 19.3 Å². The second kappa shape index (κ2) is 5.64. The fourth-order valence-electron chi connectivity index (χ4n) is 6.94. The predicted molar refractivity (Wildman–Crippen MR) is 145 cm³/mol. The molecule has 3 heteroatoms. The van der Waals surface area contributed by atoms with Gasteiger partial charge in [0.1, 0.15) is 0 Å². The highest BCUT2D eigenvalue weighted by molar-refractivity contribution is 6.19. The lowest BCUT2D eigenvalue weighted by molar-refractivity contribution is 0.666. The summed E-state index contributed by atoms with van der Waals surface area (Å²) < 4.78 is 4.74. The van der Waals surface area contributed by atoms with E-state index in [9.17, 15) is 0 Å². The van der Waals surface area contributed by atoms with Gasteiger partial charge in [-0.3, -0.25) is 8.80 Å². The third-order valence-corrected chi connectivity index (χ3v) is 8.39. The maximum absolute atomic E-state index is 5.20. The van der Waals surface area contributed by atoms with Crippen LogP contribution in [0.25, 0.3) is 66.0 Å². The smallest absolute Gasteiger partial charge is 0.220 e. The van der Waals surface area contributed by atoms with E-state index in [0.717, 1.165) is 16.8 Å². The van der Waals surface area contributed by atoms with Crippen molar-refractivity contribution in [3.8, 4) is 11.1 Å². The first-order chi connectivity index (χ1) is 17.1. The molecule has 3 aromatic heterocycles. The first-order valence-electron chi connectivity index (χ1n) is 12.3. The Morgan fingerprint density at radius 2 is 1.46 bits per heavy atom. The second-order valence-corrected chi connectivity index (χ2v) is 10.5. The van der Waals surface area contributed by atoms with Crippen LogP contribution in [-0.2, 0) is 5.41 Å². The number of benzene rings is 5. The topological polar surface area (TPSA) is 21.7 Å². The van der Waals surface area contributed by atoms with Gasteiger partial charge in [0.25, 0.3) is 0 Å². The monoisotopic (exact) mass is 447 g/mol. The van der Waals surface area contributed by atoms with Gasteiger partial charge in [-0.2, -0.15) is 0 Å². The molecule has 0 amide bonds. The van der Waals surface area contributed by atoms with Crippen LogP contribution in [0.2, 0.25) is 0 Å². The molecular formula is C32H21N3. The zero-order valence-electron chi connectivity index (χ0n) is 19.5. The van der Waals surface area contributed by atoms with E-state index >= 15 is 0 Å². The van der Waals surface area contributed by atoms with E-state index in [0.29, 0.717) is 0 Å². The van der Waals surface area contributed by atoms with Gasteiger partial charge in [-0.25, -0.2) is 4.98 Å². The van der Waals surface area contributed by atoms with Crippen LogP contribution in [0.4, 0.5) is 0 Å². The molecule has 0 saturated carbocycles. The minimum atomic E-state index is -0.0579. The number of aromatic nitrogens is 3. The fourth-order valence-corrected chi connectivity index (χ4v) is 6.94. The third kappa shape index (κ3) is 1.92. The number of rotatable bonds is 0. The minimum absolute atomic E-state index is 0.0579. The lowest BCUT2D eigenvalue weighted by Gasteiger charge is -2.22. The van der Waals surface area contributed by atoms with E-state index in [4.69, 9.17) is 4.98 Å². The van der Waals surface area contributed by atoms with Crippen molar-refractivity contribution in [2.75, 3.05) is 0 Å². The quantitative estimate of drug-likeness (QED) is 0.231. The van der Waals surface area contributed by atoms with Gasteiger partial charge in [-0.15, -0.1) is 0 Å². The summed E-state index contributed by atoms with van der Waals surface area (Å²) in [5.74, 6) is 0.991. The number of hydrogen-bond acceptors (Lipinski definition) is 1. The van der Waals surface area contributed by atoms with E-state index < -0.39 is 0 Å². The molecule has 8 aromatic rings. The summed E-state index contributed by atoms with van der Waals surface area (Å²) in [6.45, 7) is 4.74. The molecule has 164 valence electrons. The Hall–Kier alpha value is -4.37. The molecule has 0 radical (unpaired) electrons. The van der Waals surface area contributed by atoms with E-state index in [1.165, 1.54) is 60.3 Å². The summed E-state index contributed by atoms with van der Waals surface area (Å²) in [5, 5.41) is 5.15. The number of hydrogen-bond donors (Lipinski definition) is 0. The molecule has 9 rings (SSSR count). The molecule has 0 bridgehead atoms. The maximum atomic E-state index is 5.20. The molecule has 0 spiro atoms. The number of nitrogens with zero attached hydrogens (tertiary/aromatic N) is 3. The first kappa shape index (κ1) is 18.0. The average Bonchev–Trinajstić information content (AvgIpc) is 3.57. The van der Waals surface area contributed by atoms with Gasteiger partial charge in [0.2, 0.25) is 5.78 Å². The van der Waals surface area contributed by atoms with Crippen molar-refractivity contribution in [1.82, 2.24) is 13.8 Å². The lowest BCUT2D eigenvalue weighted by Crippen LogP contribution is -2.15. The van der Waals surface area contributed by atoms with Crippen molar-refractivity contribution in [1.29, 1.82) is 0 Å². The fraction of sp³-hybridized carbons (Fsp3) is 0.0938. The molecular weight excluding hydrogens is 426 g/mol. The Morgan fingerprint density at radius 1 is 0.657 bits per heavy atom. The molecule has 3 nitrogen and oxygen atoms in total. The van der Waals surface area contributed by atoms with Crippen LogP contribution in [0.1, 0.15) is 25.0 Å². The summed E-state index contributed by atoms with van der Waals surface area (Å²) in [6.07, 6.45) is 0. The molecule has 0 aliphatic heterocycles. The van der Waals surface area contributed by atoms with E-state index in [2.05, 4.69) is 114 Å². The Bertz CT molecular complexity index is 2190. The van der Waals surface area contributed by atoms with E-state index in [-0.39, 0.29) is 5.41 Å². The summed E-state index contributed by atoms with van der Waals surface area (Å²) >= 11 is 0. The van der Waals surface area contributed by atoms with Gasteiger partial charge >= 0.3 is 0 Å². The van der Waals surface area contributed by atoms with Gasteiger partial charge in [-0.1, -0.05) is 80.6 Å². The molecule has 1 aliphatic carbocycles. The Balaban J connectivity index is 1.52. The third-order valence-electron chi connectivity index (χ3n) is 8.39. The normalized spacial score (nSPS) is 14.8. The van der Waals surface area contributed by atoms with Gasteiger partial charge in [-0.05, 0) is 57.3 Å². The van der Waals surface area contributed by atoms with Crippen LogP contribution in [0.15, 0.2) is 91.0 Å². The highest BCUT2D eigenvalue weighted by atomic mass is 15.2. The lowest BCUT2D eigenvalue weighted by atomic mass is 9.80. The van der Waals surface area contributed by atoms with E-state index in [1.807, 2.05) is 0 Å². The van der Waals surface area contributed by atoms with Crippen molar-refractivity contribution in [3.63, 3.8) is 0 Å². The molecule has 1 aliphatic rings. The Kier molecular flexibility index (Phi) is 2.90. The first-order valence-corrected chi connectivity index (χ1v) is 12.3. The summed E-state index contributed by atoms with van der Waals surface area (Å²) in [7, 11) is 0. The zero-order chi connectivity index (χ0) is 23.1. The molecule has 35 heavy (non-hydrogen) atoms. The number of imidazole rings is 2. The molecule has 0 unspecified atom stereocenters. The molecule has 3 heterocycles. The van der Waals surface area contributed by atoms with Gasteiger partial charge in [0, 0.05) is 16.2 Å². The second-order valence-electron chi connectivity index (χ2n) is 10.5. The zero-order valence-corrected chi connectivity index (χ0v) is 19.5. The van der Waals surface area contributed by atoms with Crippen LogP contribution in [0.3, 0.4) is 0 Å². The highest BCUT2D eigenvalue weighted by Gasteiger charge is 2.38. The molecule has 0 atom stereocenters. The highest BCUT2D eigenvalue weighted by Crippen LogP contribution is 2.53. The van der Waals surface area contributed by atoms with E-state index in [1.54, 1.807) is 0 Å². The number of para-hydroxylation sites is 1. The van der Waals surface area contributed by atoms with Crippen molar-refractivity contribution in [2.24, 2.45) is 0 Å². The molecule has 0 fully saturated rings. The predicted octanol–water partition coefficient (Wildman–Crippen LogP) is 7.94. The average molecular weight is 448 g/mol. The van der Waals surface area contributed by atoms with Gasteiger partial charge < -0.3 is 0 Å². The Morgan fingerprint density at radius 3 is 2.34 bits per heavy atom. The summed E-state index contributed by atoms with van der Waals surface area (Å²) in [6, 6.07) is 33.3. The molecule has 0 N–H and O–H groups in total. The maximum Gasteiger partial charge on any atom is 0.220 e. The van der Waals surface area contributed by atoms with Crippen LogP contribution in [-0.4, -0.2) is 13.8 Å². The SMILES string of the molecule is CC1(C)c2ccccc2-c2ccc3c(c21)c1cccc2c1n3c1nc3cc4ccccc4cc3n21. The van der Waals surface area contributed by atoms with Gasteiger partial charge in [0.05, 0.1) is 27.6 Å². The van der Waals surface area contributed by atoms with Crippen molar-refractivity contribution in [3.05, 3.63) is 102 Å². The van der Waals surface area contributed by atoms with Crippen LogP contribution in [0.5, 0.6) is 0 Å². The van der Waals surface area contributed by atoms with Crippen molar-refractivity contribution < 1.29 is 0 Å². The van der Waals surface area contributed by atoms with Gasteiger partial charge in [0.15, 0.2) is 0 Å². The summed E-state index contributed by atoms with van der Waals surface area (Å²) in [5.41, 5.74) is 11.4. The minimum Gasteiger partial charge on any atom is -0.277 e. The molecule has 5 aromatic carbocycles.